The maximum Gasteiger partial charge on any atom is 0.339 e. The van der Waals surface area contributed by atoms with Crippen LogP contribution in [-0.2, 0) is 9.53 Å². The Morgan fingerprint density at radius 1 is 1.21 bits per heavy atom. The van der Waals surface area contributed by atoms with Crippen molar-refractivity contribution in [2.45, 2.75) is 63.7 Å². The van der Waals surface area contributed by atoms with Crippen molar-refractivity contribution in [3.63, 3.8) is 0 Å². The molecule has 1 fully saturated rings. The fourth-order valence-corrected chi connectivity index (χ4v) is 2.78. The minimum atomic E-state index is -1.53. The highest BCUT2D eigenvalue weighted by Gasteiger charge is 2.38. The summed E-state index contributed by atoms with van der Waals surface area (Å²) in [4.78, 5) is 12.1. The lowest BCUT2D eigenvalue weighted by Gasteiger charge is -2.39. The van der Waals surface area contributed by atoms with Crippen LogP contribution in [-0.4, -0.2) is 42.0 Å². The molecule has 3 unspecified atom stereocenters. The molecule has 0 aromatic heterocycles. The Labute approximate surface area is 144 Å². The Morgan fingerprint density at radius 3 is 2.29 bits per heavy atom. The molecule has 2 N–H and O–H groups in total. The molecule has 1 aromatic rings. The van der Waals surface area contributed by atoms with Gasteiger partial charge in [-0.3, -0.25) is 0 Å². The van der Waals surface area contributed by atoms with Gasteiger partial charge in [0.15, 0.2) is 5.60 Å². The quantitative estimate of drug-likeness (QED) is 0.782. The summed E-state index contributed by atoms with van der Waals surface area (Å²) in [5.74, 6) is 0.642. The summed E-state index contributed by atoms with van der Waals surface area (Å²) in [6, 6.07) is 8.32. The molecule has 0 spiro atoms. The highest BCUT2D eigenvalue weighted by atomic mass is 16.6. The number of methoxy groups -OCH3 is 1. The molecule has 1 aliphatic carbocycles. The third kappa shape index (κ3) is 4.71. The van der Waals surface area contributed by atoms with Crippen LogP contribution < -0.4 is 10.1 Å². The van der Waals surface area contributed by atoms with Gasteiger partial charge >= 0.3 is 5.97 Å². The van der Waals surface area contributed by atoms with Crippen molar-refractivity contribution in [1.29, 1.82) is 0 Å². The number of aliphatic hydroxyl groups is 1. The zero-order chi connectivity index (χ0) is 18.0. The van der Waals surface area contributed by atoms with Crippen LogP contribution in [0.5, 0.6) is 5.75 Å². The first-order chi connectivity index (χ1) is 11.1. The van der Waals surface area contributed by atoms with E-state index in [0.29, 0.717) is 5.92 Å². The van der Waals surface area contributed by atoms with Gasteiger partial charge in [0.2, 0.25) is 0 Å². The minimum absolute atomic E-state index is 0.180. The normalized spacial score (nSPS) is 23.1. The van der Waals surface area contributed by atoms with Gasteiger partial charge in [-0.2, -0.15) is 0 Å². The molecule has 3 atom stereocenters. The molecule has 1 aliphatic rings. The molecule has 0 saturated heterocycles. The fraction of sp³-hybridized carbons (Fsp3) is 0.632. The van der Waals surface area contributed by atoms with Crippen LogP contribution >= 0.6 is 0 Å². The van der Waals surface area contributed by atoms with Crippen LogP contribution in [0.1, 0.15) is 52.0 Å². The second-order valence-electron chi connectivity index (χ2n) is 7.72. The number of ether oxygens (including phenoxy) is 2. The molecule has 134 valence electrons. The lowest BCUT2D eigenvalue weighted by molar-refractivity contribution is -0.175. The lowest BCUT2D eigenvalue weighted by Crippen LogP contribution is -2.53. The standard InChI is InChI=1S/C19H29NO4/c1-18(2,3)24-17(21)19(4,22)12-20-16-11-10-15(16)13-6-8-14(23-5)9-7-13/h6-9,15-16,20,22H,10-12H2,1-5H3. The van der Waals surface area contributed by atoms with E-state index in [4.69, 9.17) is 9.47 Å². The van der Waals surface area contributed by atoms with Crippen molar-refractivity contribution in [1.82, 2.24) is 5.32 Å². The summed E-state index contributed by atoms with van der Waals surface area (Å²) in [6.45, 7) is 7.05. The average Bonchev–Trinajstić information content (AvgIpc) is 2.45. The number of hydrogen-bond donors (Lipinski definition) is 2. The minimum Gasteiger partial charge on any atom is -0.497 e. The van der Waals surface area contributed by atoms with Crippen molar-refractivity contribution in [2.75, 3.05) is 13.7 Å². The second-order valence-corrected chi connectivity index (χ2v) is 7.72. The maximum atomic E-state index is 12.1. The summed E-state index contributed by atoms with van der Waals surface area (Å²) in [6.07, 6.45) is 2.12. The van der Waals surface area contributed by atoms with Crippen molar-refractivity contribution < 1.29 is 19.4 Å². The molecule has 1 saturated carbocycles. The van der Waals surface area contributed by atoms with E-state index in [9.17, 15) is 9.90 Å². The molecular formula is C19H29NO4. The number of nitrogens with one attached hydrogen (secondary N) is 1. The highest BCUT2D eigenvalue weighted by Crippen LogP contribution is 2.37. The number of carbonyl (C=O) groups excluding carboxylic acids is 1. The molecule has 24 heavy (non-hydrogen) atoms. The van der Waals surface area contributed by atoms with Crippen LogP contribution in [0.25, 0.3) is 0 Å². The Hall–Kier alpha value is -1.59. The molecule has 1 aromatic carbocycles. The molecule has 0 amide bonds. The topological polar surface area (TPSA) is 67.8 Å². The molecule has 0 aliphatic heterocycles. The van der Waals surface area contributed by atoms with Crippen molar-refractivity contribution in [3.8, 4) is 5.75 Å². The Kier molecular flexibility index (Phi) is 5.56. The van der Waals surface area contributed by atoms with Crippen LogP contribution in [0.3, 0.4) is 0 Å². The molecule has 5 nitrogen and oxygen atoms in total. The SMILES string of the molecule is COc1ccc(C2CCC2NCC(C)(O)C(=O)OC(C)(C)C)cc1. The van der Waals surface area contributed by atoms with Gasteiger partial charge in [-0.05, 0) is 64.2 Å². The Morgan fingerprint density at radius 2 is 1.83 bits per heavy atom. The van der Waals surface area contributed by atoms with Crippen molar-refractivity contribution >= 4 is 5.97 Å². The van der Waals surface area contributed by atoms with Crippen molar-refractivity contribution in [2.24, 2.45) is 0 Å². The number of rotatable bonds is 6. The average molecular weight is 335 g/mol. The first-order valence-corrected chi connectivity index (χ1v) is 8.45. The van der Waals surface area contributed by atoms with Crippen LogP contribution in [0, 0.1) is 0 Å². The van der Waals surface area contributed by atoms with Gasteiger partial charge in [0.05, 0.1) is 7.11 Å². The van der Waals surface area contributed by atoms with E-state index in [0.717, 1.165) is 18.6 Å². The molecule has 0 heterocycles. The van der Waals surface area contributed by atoms with E-state index in [1.165, 1.54) is 12.5 Å². The third-order valence-electron chi connectivity index (χ3n) is 4.37. The largest absolute Gasteiger partial charge is 0.497 e. The monoisotopic (exact) mass is 335 g/mol. The number of hydrogen-bond acceptors (Lipinski definition) is 5. The van der Waals surface area contributed by atoms with E-state index in [-0.39, 0.29) is 12.6 Å². The van der Waals surface area contributed by atoms with Crippen LogP contribution in [0.2, 0.25) is 0 Å². The van der Waals surface area contributed by atoms with Gasteiger partial charge in [0, 0.05) is 12.6 Å². The van der Waals surface area contributed by atoms with E-state index in [2.05, 4.69) is 17.4 Å². The number of esters is 1. The predicted molar refractivity (Wildman–Crippen MR) is 93.2 cm³/mol. The summed E-state index contributed by atoms with van der Waals surface area (Å²) in [5.41, 5.74) is -0.896. The number of carbonyl (C=O) groups is 1. The third-order valence-corrected chi connectivity index (χ3v) is 4.37. The zero-order valence-corrected chi connectivity index (χ0v) is 15.3. The molecular weight excluding hydrogens is 306 g/mol. The predicted octanol–water partition coefficient (Wildman–Crippen LogP) is 2.62. The first kappa shape index (κ1) is 18.7. The van der Waals surface area contributed by atoms with Gasteiger partial charge in [-0.1, -0.05) is 12.1 Å². The molecule has 2 rings (SSSR count). The van der Waals surface area contributed by atoms with Crippen molar-refractivity contribution in [3.05, 3.63) is 29.8 Å². The van der Waals surface area contributed by atoms with E-state index < -0.39 is 17.2 Å². The van der Waals surface area contributed by atoms with Crippen LogP contribution in [0.4, 0.5) is 0 Å². The van der Waals surface area contributed by atoms with Gasteiger partial charge < -0.3 is 19.9 Å². The van der Waals surface area contributed by atoms with Gasteiger partial charge in [0.1, 0.15) is 11.4 Å². The molecule has 0 radical (unpaired) electrons. The van der Waals surface area contributed by atoms with E-state index in [1.807, 2.05) is 12.1 Å². The van der Waals surface area contributed by atoms with Gasteiger partial charge in [-0.25, -0.2) is 4.79 Å². The van der Waals surface area contributed by atoms with Gasteiger partial charge in [-0.15, -0.1) is 0 Å². The summed E-state index contributed by atoms with van der Waals surface area (Å²) in [5, 5.41) is 13.7. The highest BCUT2D eigenvalue weighted by molar-refractivity contribution is 5.79. The van der Waals surface area contributed by atoms with Gasteiger partial charge in [0.25, 0.3) is 0 Å². The Bertz CT molecular complexity index is 560. The summed E-state index contributed by atoms with van der Waals surface area (Å²) >= 11 is 0. The fourth-order valence-electron chi connectivity index (χ4n) is 2.78. The molecule has 0 bridgehead atoms. The zero-order valence-electron chi connectivity index (χ0n) is 15.3. The van der Waals surface area contributed by atoms with E-state index in [1.54, 1.807) is 27.9 Å². The number of benzene rings is 1. The maximum absolute atomic E-state index is 12.1. The van der Waals surface area contributed by atoms with Crippen LogP contribution in [0.15, 0.2) is 24.3 Å². The summed E-state index contributed by atoms with van der Waals surface area (Å²) < 4.78 is 10.5. The summed E-state index contributed by atoms with van der Waals surface area (Å²) in [7, 11) is 1.65. The first-order valence-electron chi connectivity index (χ1n) is 8.45. The van der Waals surface area contributed by atoms with E-state index >= 15 is 0 Å². The smallest absolute Gasteiger partial charge is 0.339 e. The lowest BCUT2D eigenvalue weighted by atomic mass is 9.75. The second kappa shape index (κ2) is 7.11. The molecule has 5 heteroatoms. The Balaban J connectivity index is 1.90.